The van der Waals surface area contributed by atoms with Crippen LogP contribution in [0.2, 0.25) is 0 Å². The van der Waals surface area contributed by atoms with Gasteiger partial charge in [-0.3, -0.25) is 4.79 Å². The zero-order chi connectivity index (χ0) is 29.4. The van der Waals surface area contributed by atoms with E-state index in [0.717, 1.165) is 39.2 Å². The van der Waals surface area contributed by atoms with E-state index in [0.29, 0.717) is 19.3 Å². The molecule has 2 rings (SSSR count). The van der Waals surface area contributed by atoms with Crippen LogP contribution in [0.25, 0.3) is 0 Å². The van der Waals surface area contributed by atoms with Crippen molar-refractivity contribution in [3.05, 3.63) is 72.4 Å². The highest BCUT2D eigenvalue weighted by atomic mass is 19.4. The number of carbonyl (C=O) groups excluding carboxylic acids is 2. The van der Waals surface area contributed by atoms with Gasteiger partial charge >= 0.3 is 18.1 Å². The maximum absolute atomic E-state index is 14.5. The summed E-state index contributed by atoms with van der Waals surface area (Å²) < 4.78 is 64.9. The number of methoxy groups -OCH3 is 2. The molecule has 40 heavy (non-hydrogen) atoms. The molecule has 0 amide bonds. The van der Waals surface area contributed by atoms with Crippen LogP contribution in [0.1, 0.15) is 70.3 Å². The van der Waals surface area contributed by atoms with Crippen LogP contribution < -0.4 is 0 Å². The van der Waals surface area contributed by atoms with Crippen molar-refractivity contribution in [2.75, 3.05) is 14.2 Å². The topological polar surface area (TPSA) is 71.1 Å². The Bertz CT molecular complexity index is 989. The molecule has 1 heterocycles. The number of rotatable bonds is 14. The van der Waals surface area contributed by atoms with Crippen molar-refractivity contribution in [1.29, 1.82) is 0 Å². The van der Waals surface area contributed by atoms with Crippen LogP contribution in [0.5, 0.6) is 0 Å². The van der Waals surface area contributed by atoms with E-state index in [4.69, 9.17) is 18.9 Å². The van der Waals surface area contributed by atoms with Crippen molar-refractivity contribution in [3.63, 3.8) is 0 Å². The second-order valence-electron chi connectivity index (χ2n) is 9.61. The number of allylic oxidation sites excluding steroid dienone is 2. The Balaban J connectivity index is 2.36. The quantitative estimate of drug-likeness (QED) is 0.135. The lowest BCUT2D eigenvalue weighted by Gasteiger charge is -2.34. The average Bonchev–Trinajstić information content (AvgIpc) is 3.02. The largest absolute Gasteiger partial charge is 0.458 e. The third kappa shape index (κ3) is 9.63. The highest BCUT2D eigenvalue weighted by molar-refractivity contribution is 5.83. The predicted octanol–water partition coefficient (Wildman–Crippen LogP) is 7.14. The van der Waals surface area contributed by atoms with Gasteiger partial charge in [0.2, 0.25) is 0 Å². The number of ether oxygens (including phenoxy) is 4. The van der Waals surface area contributed by atoms with Gasteiger partial charge in [-0.05, 0) is 31.8 Å². The Hall–Kier alpha value is -2.91. The summed E-state index contributed by atoms with van der Waals surface area (Å²) in [6, 6.07) is 6.68. The summed E-state index contributed by atoms with van der Waals surface area (Å²) in [5.41, 5.74) is -3.71. The van der Waals surface area contributed by atoms with Crippen LogP contribution in [-0.2, 0) is 34.1 Å². The Kier molecular flexibility index (Phi) is 14.2. The van der Waals surface area contributed by atoms with Gasteiger partial charge in [0.15, 0.2) is 0 Å². The molecule has 0 saturated carbocycles. The van der Waals surface area contributed by atoms with Gasteiger partial charge in [0.25, 0.3) is 5.60 Å². The van der Waals surface area contributed by atoms with Crippen molar-refractivity contribution in [3.8, 4) is 0 Å². The number of unbranched alkanes of at least 4 members (excludes halogenated alkanes) is 3. The zero-order valence-corrected chi connectivity index (χ0v) is 23.5. The molecule has 0 aromatic heterocycles. The maximum atomic E-state index is 14.5. The number of benzene rings is 1. The minimum atomic E-state index is -5.10. The van der Waals surface area contributed by atoms with Gasteiger partial charge in [0, 0.05) is 39.0 Å². The Labute approximate surface area is 235 Å². The fraction of sp³-hybridized carbons (Fsp3) is 0.548. The van der Waals surface area contributed by atoms with Crippen LogP contribution in [0.15, 0.2) is 66.8 Å². The highest BCUT2D eigenvalue weighted by Gasteiger charge is 2.64. The Morgan fingerprint density at radius 2 is 1.88 bits per heavy atom. The third-order valence-electron chi connectivity index (χ3n) is 6.66. The first-order chi connectivity index (χ1) is 19.2. The van der Waals surface area contributed by atoms with Crippen LogP contribution in [-0.4, -0.2) is 50.6 Å². The molecule has 0 bridgehead atoms. The van der Waals surface area contributed by atoms with Gasteiger partial charge in [-0.1, -0.05) is 80.5 Å². The summed E-state index contributed by atoms with van der Waals surface area (Å²) in [5.74, 6) is -1.92. The molecule has 1 aliphatic rings. The van der Waals surface area contributed by atoms with Crippen molar-refractivity contribution in [2.24, 2.45) is 0 Å². The average molecular weight is 567 g/mol. The number of cyclic esters (lactones) is 1. The SMILES string of the molecule is CCCCC/C=C\C[C@H](OC(=O)[C@](OC)(c1ccccc1)C(F)(F)F)C(/C=C/[C@@H]1C/C=C\CCCC(=O)O1)OC. The lowest BCUT2D eigenvalue weighted by atomic mass is 9.92. The minimum absolute atomic E-state index is 0.109. The van der Waals surface area contributed by atoms with E-state index in [2.05, 4.69) is 6.92 Å². The molecular weight excluding hydrogens is 525 g/mol. The van der Waals surface area contributed by atoms with Gasteiger partial charge in [-0.2, -0.15) is 13.2 Å². The third-order valence-corrected chi connectivity index (χ3v) is 6.66. The second-order valence-corrected chi connectivity index (χ2v) is 9.61. The second kappa shape index (κ2) is 17.0. The maximum Gasteiger partial charge on any atom is 0.432 e. The zero-order valence-electron chi connectivity index (χ0n) is 23.5. The molecule has 0 N–H and O–H groups in total. The van der Waals surface area contributed by atoms with Crippen molar-refractivity contribution in [2.45, 2.75) is 94.8 Å². The fourth-order valence-corrected chi connectivity index (χ4v) is 4.41. The number of carbonyl (C=O) groups is 2. The molecule has 1 aromatic carbocycles. The molecule has 0 aliphatic carbocycles. The van der Waals surface area contributed by atoms with Crippen LogP contribution in [0.4, 0.5) is 13.2 Å². The van der Waals surface area contributed by atoms with Gasteiger partial charge in [0.05, 0.1) is 0 Å². The minimum Gasteiger partial charge on any atom is -0.458 e. The number of esters is 2. The molecule has 222 valence electrons. The van der Waals surface area contributed by atoms with Gasteiger partial charge in [0.1, 0.15) is 18.3 Å². The first-order valence-electron chi connectivity index (χ1n) is 13.8. The van der Waals surface area contributed by atoms with E-state index in [1.807, 2.05) is 18.2 Å². The molecular formula is C31H41F3O6. The van der Waals surface area contributed by atoms with Crippen LogP contribution >= 0.6 is 0 Å². The number of alkyl halides is 3. The Morgan fingerprint density at radius 3 is 2.52 bits per heavy atom. The van der Waals surface area contributed by atoms with E-state index < -0.39 is 41.6 Å². The predicted molar refractivity (Wildman–Crippen MR) is 146 cm³/mol. The van der Waals surface area contributed by atoms with Gasteiger partial charge in [-0.15, -0.1) is 0 Å². The number of hydrogen-bond donors (Lipinski definition) is 0. The summed E-state index contributed by atoms with van der Waals surface area (Å²) in [6.07, 6.45) is 9.26. The molecule has 1 aliphatic heterocycles. The van der Waals surface area contributed by atoms with Gasteiger partial charge in [-0.25, -0.2) is 4.79 Å². The smallest absolute Gasteiger partial charge is 0.432 e. The molecule has 1 aromatic rings. The Morgan fingerprint density at radius 1 is 1.12 bits per heavy atom. The van der Waals surface area contributed by atoms with Crippen molar-refractivity contribution >= 4 is 11.9 Å². The van der Waals surface area contributed by atoms with E-state index in [1.54, 1.807) is 24.3 Å². The lowest BCUT2D eigenvalue weighted by Crippen LogP contribution is -2.53. The van der Waals surface area contributed by atoms with Crippen LogP contribution in [0, 0.1) is 0 Å². The molecule has 4 atom stereocenters. The molecule has 6 nitrogen and oxygen atoms in total. The molecule has 0 spiro atoms. The van der Waals surface area contributed by atoms with E-state index >= 15 is 0 Å². The van der Waals surface area contributed by atoms with E-state index in [9.17, 15) is 22.8 Å². The van der Waals surface area contributed by atoms with E-state index in [1.165, 1.54) is 31.4 Å². The molecule has 9 heteroatoms. The molecule has 0 saturated heterocycles. The lowest BCUT2D eigenvalue weighted by molar-refractivity contribution is -0.279. The monoisotopic (exact) mass is 566 g/mol. The normalized spacial score (nSPS) is 20.6. The summed E-state index contributed by atoms with van der Waals surface area (Å²) in [7, 11) is 2.21. The summed E-state index contributed by atoms with van der Waals surface area (Å²) in [4.78, 5) is 25.5. The van der Waals surface area contributed by atoms with Gasteiger partial charge < -0.3 is 18.9 Å². The highest BCUT2D eigenvalue weighted by Crippen LogP contribution is 2.43. The first kappa shape index (κ1) is 33.3. The molecule has 1 unspecified atom stereocenters. The van der Waals surface area contributed by atoms with Crippen LogP contribution in [0.3, 0.4) is 0 Å². The van der Waals surface area contributed by atoms with Crippen molar-refractivity contribution < 1.29 is 41.7 Å². The number of halogens is 3. The summed E-state index contributed by atoms with van der Waals surface area (Å²) in [6.45, 7) is 2.09. The summed E-state index contributed by atoms with van der Waals surface area (Å²) >= 11 is 0. The fourth-order valence-electron chi connectivity index (χ4n) is 4.41. The standard InChI is InChI=1S/C31H41F3O6/c1-4-5-6-7-8-15-20-27(26(37-2)23-22-25-19-14-9-10-16-21-28(35)39-25)40-29(36)30(38-3,31(32,33)34)24-17-12-11-13-18-24/h8-9,11-15,17-18,22-23,25-27H,4-7,10,16,19-21H2,1-3H3/b14-9-,15-8-,23-22+/t25-,26?,27-,30+/m0/s1. The first-order valence-corrected chi connectivity index (χ1v) is 13.8. The summed E-state index contributed by atoms with van der Waals surface area (Å²) in [5, 5.41) is 0. The van der Waals surface area contributed by atoms with E-state index in [-0.39, 0.29) is 12.4 Å². The van der Waals surface area contributed by atoms with Crippen molar-refractivity contribution in [1.82, 2.24) is 0 Å². The molecule has 0 fully saturated rings. The number of hydrogen-bond acceptors (Lipinski definition) is 6. The molecule has 0 radical (unpaired) electrons.